The summed E-state index contributed by atoms with van der Waals surface area (Å²) in [6, 6.07) is 21.4. The topological polar surface area (TPSA) is 52.1 Å². The van der Waals surface area contributed by atoms with Crippen molar-refractivity contribution in [3.05, 3.63) is 82.3 Å². The maximum absolute atomic E-state index is 5.95. The number of hydrazone groups is 1. The van der Waals surface area contributed by atoms with Crippen LogP contribution in [-0.4, -0.2) is 19.9 Å². The Kier molecular flexibility index (Phi) is 7.53. The summed E-state index contributed by atoms with van der Waals surface area (Å²) >= 11 is 3.44. The Balaban J connectivity index is 1.65. The van der Waals surface area contributed by atoms with Crippen LogP contribution in [0.4, 0.5) is 5.69 Å². The highest BCUT2D eigenvalue weighted by molar-refractivity contribution is 9.10. The number of halogens is 1. The van der Waals surface area contributed by atoms with E-state index in [9.17, 15) is 0 Å². The minimum atomic E-state index is 0.472. The van der Waals surface area contributed by atoms with Gasteiger partial charge in [-0.15, -0.1) is 0 Å². The monoisotopic (exact) mass is 454 g/mol. The number of anilines is 1. The molecule has 0 spiro atoms. The van der Waals surface area contributed by atoms with Crippen molar-refractivity contribution in [1.29, 1.82) is 0 Å². The second kappa shape index (κ2) is 10.5. The van der Waals surface area contributed by atoms with E-state index < -0.39 is 0 Å². The lowest BCUT2D eigenvalue weighted by atomic mass is 10.2. The van der Waals surface area contributed by atoms with Gasteiger partial charge in [-0.2, -0.15) is 5.10 Å². The number of hydrogen-bond acceptors (Lipinski definition) is 5. The molecule has 3 aromatic carbocycles. The SMILES string of the molecule is CCOc1cc(/C=N/Nc2ccc(OC)cc2)ccc1OCc1ccc(Br)cc1. The van der Waals surface area contributed by atoms with Crippen molar-refractivity contribution in [1.82, 2.24) is 0 Å². The van der Waals surface area contributed by atoms with E-state index in [2.05, 4.69) is 26.5 Å². The Morgan fingerprint density at radius 2 is 1.69 bits per heavy atom. The van der Waals surface area contributed by atoms with E-state index >= 15 is 0 Å². The van der Waals surface area contributed by atoms with Gasteiger partial charge in [0.25, 0.3) is 0 Å². The summed E-state index contributed by atoms with van der Waals surface area (Å²) in [5, 5.41) is 4.28. The fourth-order valence-electron chi connectivity index (χ4n) is 2.58. The molecule has 1 N–H and O–H groups in total. The lowest BCUT2D eigenvalue weighted by Crippen LogP contribution is -2.00. The molecule has 0 amide bonds. The second-order valence-corrected chi connectivity index (χ2v) is 7.07. The number of hydrogen-bond donors (Lipinski definition) is 1. The van der Waals surface area contributed by atoms with E-state index in [1.54, 1.807) is 13.3 Å². The maximum Gasteiger partial charge on any atom is 0.161 e. The molecule has 5 nitrogen and oxygen atoms in total. The average Bonchev–Trinajstić information content (AvgIpc) is 2.75. The maximum atomic E-state index is 5.95. The number of rotatable bonds is 9. The summed E-state index contributed by atoms with van der Waals surface area (Å²) in [7, 11) is 1.64. The molecule has 0 unspecified atom stereocenters. The van der Waals surface area contributed by atoms with Crippen LogP contribution >= 0.6 is 15.9 Å². The van der Waals surface area contributed by atoms with Gasteiger partial charge >= 0.3 is 0 Å². The van der Waals surface area contributed by atoms with Gasteiger partial charge in [-0.25, -0.2) is 0 Å². The zero-order valence-electron chi connectivity index (χ0n) is 16.4. The predicted octanol–water partition coefficient (Wildman–Crippen LogP) is 5.88. The first-order valence-electron chi connectivity index (χ1n) is 9.25. The minimum absolute atomic E-state index is 0.472. The Morgan fingerprint density at radius 3 is 2.38 bits per heavy atom. The van der Waals surface area contributed by atoms with Crippen LogP contribution in [0.25, 0.3) is 0 Å². The molecule has 0 aliphatic rings. The predicted molar refractivity (Wildman–Crippen MR) is 120 cm³/mol. The molecule has 0 atom stereocenters. The van der Waals surface area contributed by atoms with Gasteiger partial charge in [-0.05, 0) is 72.6 Å². The number of benzene rings is 3. The molecular weight excluding hydrogens is 432 g/mol. The van der Waals surface area contributed by atoms with Gasteiger partial charge in [0.15, 0.2) is 11.5 Å². The standard InChI is InChI=1S/C23H23BrN2O3/c1-3-28-23-14-18(15-25-26-20-9-11-21(27-2)12-10-20)6-13-22(23)29-16-17-4-7-19(24)8-5-17/h4-15,26H,3,16H2,1-2H3/b25-15+. The van der Waals surface area contributed by atoms with Crippen LogP contribution in [0.2, 0.25) is 0 Å². The van der Waals surface area contributed by atoms with Crippen LogP contribution in [0.15, 0.2) is 76.3 Å². The number of nitrogens with one attached hydrogen (secondary N) is 1. The third kappa shape index (κ3) is 6.26. The van der Waals surface area contributed by atoms with E-state index in [1.165, 1.54) is 0 Å². The average molecular weight is 455 g/mol. The zero-order valence-corrected chi connectivity index (χ0v) is 18.0. The highest BCUT2D eigenvalue weighted by Crippen LogP contribution is 2.29. The summed E-state index contributed by atoms with van der Waals surface area (Å²) in [4.78, 5) is 0. The Labute approximate surface area is 179 Å². The van der Waals surface area contributed by atoms with E-state index in [0.717, 1.165) is 27.0 Å². The number of methoxy groups -OCH3 is 1. The van der Waals surface area contributed by atoms with Crippen molar-refractivity contribution in [3.63, 3.8) is 0 Å². The van der Waals surface area contributed by atoms with Gasteiger partial charge in [0.2, 0.25) is 0 Å². The number of ether oxygens (including phenoxy) is 3. The highest BCUT2D eigenvalue weighted by atomic mass is 79.9. The quantitative estimate of drug-likeness (QED) is 0.323. The van der Waals surface area contributed by atoms with E-state index in [-0.39, 0.29) is 0 Å². The van der Waals surface area contributed by atoms with E-state index in [1.807, 2.05) is 73.7 Å². The van der Waals surface area contributed by atoms with E-state index in [4.69, 9.17) is 14.2 Å². The van der Waals surface area contributed by atoms with Gasteiger partial charge in [-0.3, -0.25) is 5.43 Å². The lowest BCUT2D eigenvalue weighted by molar-refractivity contribution is 0.269. The van der Waals surface area contributed by atoms with Crippen LogP contribution in [0.3, 0.4) is 0 Å². The van der Waals surface area contributed by atoms with Crippen LogP contribution in [0.5, 0.6) is 17.2 Å². The third-order valence-electron chi connectivity index (χ3n) is 4.07. The molecule has 0 aliphatic heterocycles. The van der Waals surface area contributed by atoms with Gasteiger partial charge in [-0.1, -0.05) is 28.1 Å². The molecule has 0 saturated heterocycles. The first-order valence-corrected chi connectivity index (χ1v) is 10.0. The van der Waals surface area contributed by atoms with Gasteiger partial charge in [0.05, 0.1) is 25.6 Å². The summed E-state index contributed by atoms with van der Waals surface area (Å²) in [6.07, 6.45) is 1.74. The molecule has 0 radical (unpaired) electrons. The van der Waals surface area contributed by atoms with Gasteiger partial charge in [0.1, 0.15) is 12.4 Å². The summed E-state index contributed by atoms with van der Waals surface area (Å²) in [5.74, 6) is 2.20. The molecule has 0 saturated carbocycles. The molecule has 6 heteroatoms. The molecule has 0 aliphatic carbocycles. The molecule has 0 bridgehead atoms. The highest BCUT2D eigenvalue weighted by Gasteiger charge is 2.06. The lowest BCUT2D eigenvalue weighted by Gasteiger charge is -2.12. The van der Waals surface area contributed by atoms with Crippen molar-refractivity contribution in [2.75, 3.05) is 19.1 Å². The fourth-order valence-corrected chi connectivity index (χ4v) is 2.85. The molecule has 29 heavy (non-hydrogen) atoms. The summed E-state index contributed by atoms with van der Waals surface area (Å²) in [6.45, 7) is 2.98. The largest absolute Gasteiger partial charge is 0.497 e. The zero-order chi connectivity index (χ0) is 20.5. The fraction of sp³-hybridized carbons (Fsp3) is 0.174. The third-order valence-corrected chi connectivity index (χ3v) is 4.60. The number of nitrogens with zero attached hydrogens (tertiary/aromatic N) is 1. The molecule has 0 fully saturated rings. The molecule has 0 heterocycles. The normalized spacial score (nSPS) is 10.7. The molecule has 150 valence electrons. The smallest absolute Gasteiger partial charge is 0.161 e. The van der Waals surface area contributed by atoms with Gasteiger partial charge in [0, 0.05) is 4.47 Å². The second-order valence-electron chi connectivity index (χ2n) is 6.15. The van der Waals surface area contributed by atoms with Crippen LogP contribution in [0, 0.1) is 0 Å². The van der Waals surface area contributed by atoms with E-state index in [0.29, 0.717) is 24.7 Å². The summed E-state index contributed by atoms with van der Waals surface area (Å²) < 4.78 is 17.9. The molecular formula is C23H23BrN2O3. The molecule has 3 rings (SSSR count). The molecule has 0 aromatic heterocycles. The first kappa shape index (κ1) is 20.7. The first-order chi connectivity index (χ1) is 14.2. The van der Waals surface area contributed by atoms with Crippen molar-refractivity contribution < 1.29 is 14.2 Å². The van der Waals surface area contributed by atoms with Gasteiger partial charge < -0.3 is 14.2 Å². The Morgan fingerprint density at radius 1 is 0.931 bits per heavy atom. The van der Waals surface area contributed by atoms with Crippen LogP contribution in [0.1, 0.15) is 18.1 Å². The Hall–Kier alpha value is -2.99. The Bertz CT molecular complexity index is 941. The van der Waals surface area contributed by atoms with Crippen LogP contribution < -0.4 is 19.6 Å². The molecule has 3 aromatic rings. The van der Waals surface area contributed by atoms with Crippen LogP contribution in [-0.2, 0) is 6.61 Å². The van der Waals surface area contributed by atoms with Crippen molar-refractivity contribution in [2.45, 2.75) is 13.5 Å². The van der Waals surface area contributed by atoms with Crippen molar-refractivity contribution in [3.8, 4) is 17.2 Å². The van der Waals surface area contributed by atoms with Crippen molar-refractivity contribution >= 4 is 27.8 Å². The minimum Gasteiger partial charge on any atom is -0.497 e. The van der Waals surface area contributed by atoms with Crippen molar-refractivity contribution in [2.24, 2.45) is 5.10 Å². The summed E-state index contributed by atoms with van der Waals surface area (Å²) in [5.41, 5.74) is 5.87.